The second kappa shape index (κ2) is 13.8. The molecule has 2 amide bonds. The maximum Gasteiger partial charge on any atom is 0.416 e. The Kier molecular flexibility index (Phi) is 10.9. The van der Waals surface area contributed by atoms with Crippen molar-refractivity contribution in [2.24, 2.45) is 0 Å². The van der Waals surface area contributed by atoms with Gasteiger partial charge in [0.15, 0.2) is 11.5 Å². The number of amides is 2. The molecule has 1 aliphatic rings. The molecule has 244 valence electrons. The number of hydrogen-bond acceptors (Lipinski definition) is 7. The van der Waals surface area contributed by atoms with E-state index >= 15 is 0 Å². The number of likely N-dealkylation sites (N-methyl/N-ethyl adjacent to an activating group) is 1. The normalized spacial score (nSPS) is 16.8. The molecule has 44 heavy (non-hydrogen) atoms. The number of nitrogens with zero attached hydrogens (tertiary/aromatic N) is 3. The van der Waals surface area contributed by atoms with Crippen molar-refractivity contribution in [1.29, 1.82) is 0 Å². The van der Waals surface area contributed by atoms with E-state index in [-0.39, 0.29) is 42.9 Å². The Bertz CT molecular complexity index is 1300. The lowest BCUT2D eigenvalue weighted by atomic mass is 9.90. The quantitative estimate of drug-likeness (QED) is 0.283. The number of carbonyl (C=O) groups is 2. The van der Waals surface area contributed by atoms with Crippen LogP contribution in [-0.2, 0) is 28.4 Å². The summed E-state index contributed by atoms with van der Waals surface area (Å²) in [6.07, 6.45) is -11.8. The van der Waals surface area contributed by atoms with Crippen molar-refractivity contribution >= 4 is 17.9 Å². The summed E-state index contributed by atoms with van der Waals surface area (Å²) in [4.78, 5) is 30.5. The van der Waals surface area contributed by atoms with Crippen LogP contribution in [0.3, 0.4) is 0 Å². The van der Waals surface area contributed by atoms with Gasteiger partial charge in [-0.25, -0.2) is 9.59 Å². The molecule has 0 bridgehead atoms. The van der Waals surface area contributed by atoms with Gasteiger partial charge in [-0.2, -0.15) is 26.3 Å². The highest BCUT2D eigenvalue weighted by Gasteiger charge is 2.42. The second-order valence-corrected chi connectivity index (χ2v) is 10.4. The van der Waals surface area contributed by atoms with E-state index in [1.165, 1.54) is 24.1 Å². The molecule has 0 unspecified atom stereocenters. The van der Waals surface area contributed by atoms with Crippen LogP contribution in [0.5, 0.6) is 11.5 Å². The van der Waals surface area contributed by atoms with Crippen LogP contribution in [0.25, 0.3) is 0 Å². The molecule has 0 aromatic heterocycles. The summed E-state index contributed by atoms with van der Waals surface area (Å²) >= 11 is 0. The average molecular weight is 636 g/mol. The third-order valence-corrected chi connectivity index (χ3v) is 6.98. The zero-order valence-electron chi connectivity index (χ0n) is 25.1. The summed E-state index contributed by atoms with van der Waals surface area (Å²) in [5.41, 5.74) is -2.86. The monoisotopic (exact) mass is 635 g/mol. The highest BCUT2D eigenvalue weighted by atomic mass is 19.4. The van der Waals surface area contributed by atoms with Gasteiger partial charge in [0.1, 0.15) is 6.61 Å². The summed E-state index contributed by atoms with van der Waals surface area (Å²) in [7, 11) is 6.13. The average Bonchev–Trinajstić information content (AvgIpc) is 2.93. The fourth-order valence-electron chi connectivity index (χ4n) is 4.94. The summed E-state index contributed by atoms with van der Waals surface area (Å²) < 4.78 is 103. The highest BCUT2D eigenvalue weighted by molar-refractivity contribution is 5.91. The van der Waals surface area contributed by atoms with Crippen LogP contribution in [0, 0.1) is 0 Å². The third kappa shape index (κ3) is 7.98. The van der Waals surface area contributed by atoms with Gasteiger partial charge in [-0.1, -0.05) is 0 Å². The van der Waals surface area contributed by atoms with Crippen LogP contribution >= 0.6 is 0 Å². The molecule has 2 aromatic carbocycles. The fraction of sp³-hybridized carbons (Fsp3) is 0.517. The number of carbonyl (C=O) groups excluding carboxylic acids is 2. The van der Waals surface area contributed by atoms with Crippen molar-refractivity contribution in [3.05, 3.63) is 52.6 Å². The van der Waals surface area contributed by atoms with Crippen LogP contribution in [0.15, 0.2) is 30.3 Å². The molecule has 9 nitrogen and oxygen atoms in total. The van der Waals surface area contributed by atoms with Gasteiger partial charge in [0, 0.05) is 30.8 Å². The number of hydrogen-bond donors (Lipinski definition) is 0. The van der Waals surface area contributed by atoms with Crippen molar-refractivity contribution in [3.8, 4) is 11.5 Å². The zero-order valence-corrected chi connectivity index (χ0v) is 25.1. The largest absolute Gasteiger partial charge is 0.493 e. The number of rotatable bonds is 9. The molecule has 0 aliphatic carbocycles. The van der Waals surface area contributed by atoms with Gasteiger partial charge in [0.25, 0.3) is 0 Å². The lowest BCUT2D eigenvalue weighted by molar-refractivity contribution is -0.143. The molecule has 0 N–H and O–H groups in total. The van der Waals surface area contributed by atoms with Gasteiger partial charge < -0.3 is 23.8 Å². The Morgan fingerprint density at radius 1 is 0.955 bits per heavy atom. The Morgan fingerprint density at radius 2 is 1.57 bits per heavy atom. The molecule has 1 heterocycles. The molecular weight excluding hydrogens is 600 g/mol. The molecule has 0 fully saturated rings. The van der Waals surface area contributed by atoms with Crippen molar-refractivity contribution < 1.29 is 54.9 Å². The Balaban J connectivity index is 2.19. The van der Waals surface area contributed by atoms with E-state index in [1.807, 2.05) is 19.0 Å². The molecule has 0 radical (unpaired) electrons. The van der Waals surface area contributed by atoms with Gasteiger partial charge in [0.05, 0.1) is 43.7 Å². The smallest absolute Gasteiger partial charge is 0.416 e. The minimum atomic E-state index is -5.07. The van der Waals surface area contributed by atoms with Crippen molar-refractivity contribution in [3.63, 3.8) is 0 Å². The van der Waals surface area contributed by atoms with Crippen molar-refractivity contribution in [1.82, 2.24) is 9.80 Å². The first-order valence-corrected chi connectivity index (χ1v) is 13.6. The number of halogens is 6. The third-order valence-electron chi connectivity index (χ3n) is 6.98. The van der Waals surface area contributed by atoms with E-state index in [0.29, 0.717) is 24.2 Å². The Labute approximate surface area is 251 Å². The van der Waals surface area contributed by atoms with Crippen LogP contribution in [0.1, 0.15) is 48.6 Å². The molecular formula is C29H35F6N3O6. The minimum absolute atomic E-state index is 0.0177. The maximum atomic E-state index is 13.6. The second-order valence-electron chi connectivity index (χ2n) is 10.4. The summed E-state index contributed by atoms with van der Waals surface area (Å²) in [5.74, 6) is 0.502. The van der Waals surface area contributed by atoms with E-state index in [4.69, 9.17) is 18.9 Å². The van der Waals surface area contributed by atoms with E-state index in [1.54, 1.807) is 13.8 Å². The molecule has 3 rings (SSSR count). The molecule has 0 saturated carbocycles. The number of alkyl halides is 6. The van der Waals surface area contributed by atoms with Crippen LogP contribution in [0.2, 0.25) is 0 Å². The Morgan fingerprint density at radius 3 is 2.07 bits per heavy atom. The first kappa shape index (κ1) is 34.6. The van der Waals surface area contributed by atoms with Gasteiger partial charge in [-0.05, 0) is 64.2 Å². The lowest BCUT2D eigenvalue weighted by Crippen LogP contribution is -2.47. The van der Waals surface area contributed by atoms with Gasteiger partial charge in [-0.3, -0.25) is 9.80 Å². The molecule has 2 atom stereocenters. The number of methoxy groups -OCH3 is 2. The lowest BCUT2D eigenvalue weighted by Gasteiger charge is -2.42. The van der Waals surface area contributed by atoms with E-state index in [9.17, 15) is 35.9 Å². The molecule has 0 spiro atoms. The number of anilines is 1. The van der Waals surface area contributed by atoms with Crippen LogP contribution in [0.4, 0.5) is 41.6 Å². The summed E-state index contributed by atoms with van der Waals surface area (Å²) in [6.45, 7) is 3.50. The van der Waals surface area contributed by atoms with E-state index in [2.05, 4.69) is 0 Å². The van der Waals surface area contributed by atoms with Crippen LogP contribution in [-0.4, -0.2) is 76.1 Å². The van der Waals surface area contributed by atoms with E-state index in [0.717, 1.165) is 12.0 Å². The summed E-state index contributed by atoms with van der Waals surface area (Å²) in [5, 5.41) is 0. The van der Waals surface area contributed by atoms with Crippen molar-refractivity contribution in [2.75, 3.05) is 53.0 Å². The molecule has 0 saturated heterocycles. The van der Waals surface area contributed by atoms with Gasteiger partial charge in [-0.15, -0.1) is 0 Å². The number of fused-ring (bicyclic) bond motifs is 1. The van der Waals surface area contributed by atoms with Crippen LogP contribution < -0.4 is 14.4 Å². The Hall–Kier alpha value is -3.88. The summed E-state index contributed by atoms with van der Waals surface area (Å²) in [6, 6.07) is 2.60. The molecule has 1 aliphatic heterocycles. The maximum absolute atomic E-state index is 13.6. The van der Waals surface area contributed by atoms with Gasteiger partial charge in [0.2, 0.25) is 0 Å². The first-order chi connectivity index (χ1) is 20.5. The van der Waals surface area contributed by atoms with Crippen molar-refractivity contribution in [2.45, 2.75) is 51.2 Å². The SMILES string of the molecule is CCOC(=O)N1c2cc(OCCN(C)C)c(OC)cc2[C@H](N(Cc2cc(C(F)(F)F)cc(C(F)(F)F)c2)C(=O)OC)C[C@@H]1C. The highest BCUT2D eigenvalue weighted by Crippen LogP contribution is 2.47. The predicted molar refractivity (Wildman–Crippen MR) is 148 cm³/mol. The topological polar surface area (TPSA) is 80.8 Å². The number of ether oxygens (including phenoxy) is 4. The number of benzene rings is 2. The zero-order chi connectivity index (χ0) is 33.0. The first-order valence-electron chi connectivity index (χ1n) is 13.6. The minimum Gasteiger partial charge on any atom is -0.493 e. The predicted octanol–water partition coefficient (Wildman–Crippen LogP) is 6.74. The van der Waals surface area contributed by atoms with E-state index < -0.39 is 59.9 Å². The fourth-order valence-corrected chi connectivity index (χ4v) is 4.94. The molecule has 2 aromatic rings. The van der Waals surface area contributed by atoms with Gasteiger partial charge >= 0.3 is 24.5 Å². The standard InChI is InChI=1S/C29H35F6N3O6/c1-7-43-27(40)38-17(2)10-22(21-14-24(41-5)25(15-23(21)38)44-9-8-36(3)4)37(26(39)42-6)16-18-11-19(28(30,31)32)13-20(12-18)29(33,34)35/h11-15,17,22H,7-10,16H2,1-6H3/t17-,22+/m0/s1. The molecule has 15 heteroatoms.